The summed E-state index contributed by atoms with van der Waals surface area (Å²) in [5, 5.41) is 3.02. The minimum Gasteiger partial charge on any atom is -0.497 e. The van der Waals surface area contributed by atoms with Gasteiger partial charge in [0, 0.05) is 12.5 Å². The maximum Gasteiger partial charge on any atom is 0.223 e. The van der Waals surface area contributed by atoms with Crippen LogP contribution in [0.3, 0.4) is 0 Å². The predicted molar refractivity (Wildman–Crippen MR) is 82.7 cm³/mol. The third kappa shape index (κ3) is 4.25. The highest BCUT2D eigenvalue weighted by Crippen LogP contribution is 2.24. The molecule has 4 nitrogen and oxygen atoms in total. The molecule has 2 rings (SSSR count). The van der Waals surface area contributed by atoms with E-state index in [0.717, 1.165) is 42.7 Å². The first-order valence-corrected chi connectivity index (χ1v) is 7.38. The smallest absolute Gasteiger partial charge is 0.223 e. The van der Waals surface area contributed by atoms with Gasteiger partial charge in [0.1, 0.15) is 11.5 Å². The van der Waals surface area contributed by atoms with E-state index in [0.29, 0.717) is 6.54 Å². The third-order valence-electron chi connectivity index (χ3n) is 3.82. The number of rotatable bonds is 6. The maximum atomic E-state index is 12.1. The first kappa shape index (κ1) is 15.4. The molecule has 0 saturated heterocycles. The standard InChI is InChI=1S/C17H23NO3/c1-20-15-8-9-16(21-2)14(12-15)10-11-18-17(19)13-6-4-3-5-7-13/h3-4,8-9,12-13H,5-7,10-11H2,1-2H3,(H,18,19)/t13-/m1/s1. The highest BCUT2D eigenvalue weighted by molar-refractivity contribution is 5.79. The van der Waals surface area contributed by atoms with E-state index in [-0.39, 0.29) is 11.8 Å². The number of carbonyl (C=O) groups is 1. The molecule has 1 N–H and O–H groups in total. The predicted octanol–water partition coefficient (Wildman–Crippen LogP) is 2.72. The van der Waals surface area contributed by atoms with Crippen LogP contribution >= 0.6 is 0 Å². The van der Waals surface area contributed by atoms with Gasteiger partial charge in [-0.2, -0.15) is 0 Å². The van der Waals surface area contributed by atoms with Gasteiger partial charge in [0.2, 0.25) is 5.91 Å². The number of allylic oxidation sites excluding steroid dienone is 2. The van der Waals surface area contributed by atoms with Gasteiger partial charge in [0.25, 0.3) is 0 Å². The largest absolute Gasteiger partial charge is 0.497 e. The Labute approximate surface area is 126 Å². The number of carbonyl (C=O) groups excluding carboxylic acids is 1. The summed E-state index contributed by atoms with van der Waals surface area (Å²) in [5.41, 5.74) is 1.04. The Morgan fingerprint density at radius 1 is 1.29 bits per heavy atom. The first-order valence-electron chi connectivity index (χ1n) is 7.38. The third-order valence-corrected chi connectivity index (χ3v) is 3.82. The van der Waals surface area contributed by atoms with Crippen molar-refractivity contribution in [1.82, 2.24) is 5.32 Å². The monoisotopic (exact) mass is 289 g/mol. The van der Waals surface area contributed by atoms with Crippen molar-refractivity contribution in [3.05, 3.63) is 35.9 Å². The van der Waals surface area contributed by atoms with Crippen LogP contribution in [0, 0.1) is 5.92 Å². The lowest BCUT2D eigenvalue weighted by Crippen LogP contribution is -2.32. The van der Waals surface area contributed by atoms with E-state index in [1.807, 2.05) is 18.2 Å². The molecule has 0 unspecified atom stereocenters. The van der Waals surface area contributed by atoms with Crippen LogP contribution in [0.1, 0.15) is 24.8 Å². The zero-order chi connectivity index (χ0) is 15.1. The molecule has 0 heterocycles. The fraction of sp³-hybridized carbons (Fsp3) is 0.471. The molecule has 4 heteroatoms. The van der Waals surface area contributed by atoms with Gasteiger partial charge in [0.05, 0.1) is 14.2 Å². The van der Waals surface area contributed by atoms with Crippen LogP contribution in [0.2, 0.25) is 0 Å². The van der Waals surface area contributed by atoms with Crippen molar-refractivity contribution in [2.24, 2.45) is 5.92 Å². The van der Waals surface area contributed by atoms with Crippen LogP contribution in [0.25, 0.3) is 0 Å². The molecule has 0 fully saturated rings. The number of hydrogen-bond donors (Lipinski definition) is 1. The lowest BCUT2D eigenvalue weighted by molar-refractivity contribution is -0.125. The van der Waals surface area contributed by atoms with E-state index in [1.165, 1.54) is 0 Å². The molecule has 0 aromatic heterocycles. The van der Waals surface area contributed by atoms with Crippen LogP contribution in [0.15, 0.2) is 30.4 Å². The summed E-state index contributed by atoms with van der Waals surface area (Å²) in [7, 11) is 3.29. The Hall–Kier alpha value is -1.97. The summed E-state index contributed by atoms with van der Waals surface area (Å²) in [6.45, 7) is 0.614. The van der Waals surface area contributed by atoms with Gasteiger partial charge in [0.15, 0.2) is 0 Å². The molecule has 1 amide bonds. The molecule has 21 heavy (non-hydrogen) atoms. The molecule has 0 saturated carbocycles. The van der Waals surface area contributed by atoms with Crippen molar-refractivity contribution in [1.29, 1.82) is 0 Å². The van der Waals surface area contributed by atoms with Crippen LogP contribution in [0.4, 0.5) is 0 Å². The second kappa shape index (κ2) is 7.72. The SMILES string of the molecule is COc1ccc(OC)c(CCNC(=O)[C@@H]2CC=CCC2)c1. The number of methoxy groups -OCH3 is 2. The Bertz CT molecular complexity index is 511. The van der Waals surface area contributed by atoms with Crippen LogP contribution in [0.5, 0.6) is 11.5 Å². The molecule has 0 radical (unpaired) electrons. The van der Waals surface area contributed by atoms with Crippen LogP contribution in [-0.2, 0) is 11.2 Å². The van der Waals surface area contributed by atoms with Crippen LogP contribution < -0.4 is 14.8 Å². The van der Waals surface area contributed by atoms with Gasteiger partial charge < -0.3 is 14.8 Å². The molecule has 1 aliphatic rings. The highest BCUT2D eigenvalue weighted by atomic mass is 16.5. The van der Waals surface area contributed by atoms with Crippen molar-refractivity contribution in [3.63, 3.8) is 0 Å². The molecule has 1 aromatic carbocycles. The van der Waals surface area contributed by atoms with E-state index in [9.17, 15) is 4.79 Å². The van der Waals surface area contributed by atoms with Gasteiger partial charge in [-0.25, -0.2) is 0 Å². The van der Waals surface area contributed by atoms with Gasteiger partial charge in [-0.3, -0.25) is 4.79 Å². The number of ether oxygens (including phenoxy) is 2. The number of nitrogens with one attached hydrogen (secondary N) is 1. The van der Waals surface area contributed by atoms with Gasteiger partial charge in [-0.1, -0.05) is 12.2 Å². The van der Waals surface area contributed by atoms with Gasteiger partial charge in [-0.15, -0.1) is 0 Å². The number of hydrogen-bond acceptors (Lipinski definition) is 3. The summed E-state index contributed by atoms with van der Waals surface area (Å²) >= 11 is 0. The number of amides is 1. The summed E-state index contributed by atoms with van der Waals surface area (Å²) in [5.74, 6) is 1.91. The molecule has 0 bridgehead atoms. The fourth-order valence-corrected chi connectivity index (χ4v) is 2.57. The van der Waals surface area contributed by atoms with Crippen LogP contribution in [-0.4, -0.2) is 26.7 Å². The minimum absolute atomic E-state index is 0.127. The molecule has 1 aromatic rings. The Morgan fingerprint density at radius 3 is 2.81 bits per heavy atom. The van der Waals surface area contributed by atoms with E-state index >= 15 is 0 Å². The summed E-state index contributed by atoms with van der Waals surface area (Å²) in [6.07, 6.45) is 7.78. The molecule has 1 aliphatic carbocycles. The van der Waals surface area contributed by atoms with Crippen molar-refractivity contribution < 1.29 is 14.3 Å². The first-order chi connectivity index (χ1) is 10.2. The highest BCUT2D eigenvalue weighted by Gasteiger charge is 2.18. The summed E-state index contributed by atoms with van der Waals surface area (Å²) in [6, 6.07) is 5.71. The fourth-order valence-electron chi connectivity index (χ4n) is 2.57. The molecular formula is C17H23NO3. The minimum atomic E-state index is 0.127. The van der Waals surface area contributed by atoms with Crippen molar-refractivity contribution in [2.75, 3.05) is 20.8 Å². The quantitative estimate of drug-likeness (QED) is 0.819. The normalized spacial score (nSPS) is 17.3. The van der Waals surface area contributed by atoms with E-state index in [1.54, 1.807) is 14.2 Å². The zero-order valence-corrected chi connectivity index (χ0v) is 12.7. The lowest BCUT2D eigenvalue weighted by Gasteiger charge is -2.17. The average Bonchev–Trinajstić information content (AvgIpc) is 2.55. The molecular weight excluding hydrogens is 266 g/mol. The van der Waals surface area contributed by atoms with E-state index in [4.69, 9.17) is 9.47 Å². The zero-order valence-electron chi connectivity index (χ0n) is 12.7. The molecule has 1 atom stereocenters. The lowest BCUT2D eigenvalue weighted by atomic mass is 9.93. The maximum absolute atomic E-state index is 12.1. The van der Waals surface area contributed by atoms with Gasteiger partial charge in [-0.05, 0) is 49.4 Å². The van der Waals surface area contributed by atoms with Crippen molar-refractivity contribution >= 4 is 5.91 Å². The number of benzene rings is 1. The summed E-state index contributed by atoms with van der Waals surface area (Å²) in [4.78, 5) is 12.1. The molecule has 0 aliphatic heterocycles. The Morgan fingerprint density at radius 2 is 2.14 bits per heavy atom. The Balaban J connectivity index is 1.87. The molecule has 114 valence electrons. The van der Waals surface area contributed by atoms with Crippen molar-refractivity contribution in [3.8, 4) is 11.5 Å². The van der Waals surface area contributed by atoms with E-state index < -0.39 is 0 Å². The van der Waals surface area contributed by atoms with Crippen molar-refractivity contribution in [2.45, 2.75) is 25.7 Å². The second-order valence-electron chi connectivity index (χ2n) is 5.20. The van der Waals surface area contributed by atoms with E-state index in [2.05, 4.69) is 17.5 Å². The van der Waals surface area contributed by atoms with Gasteiger partial charge >= 0.3 is 0 Å². The summed E-state index contributed by atoms with van der Waals surface area (Å²) < 4.78 is 10.6. The topological polar surface area (TPSA) is 47.6 Å². The molecule has 0 spiro atoms. The average molecular weight is 289 g/mol. The Kier molecular flexibility index (Phi) is 5.67. The second-order valence-corrected chi connectivity index (χ2v) is 5.20.